The molecule has 0 amide bonds. The van der Waals surface area contributed by atoms with Gasteiger partial charge in [0.2, 0.25) is 0 Å². The van der Waals surface area contributed by atoms with Crippen molar-refractivity contribution in [3.63, 3.8) is 0 Å². The molecule has 0 spiro atoms. The van der Waals surface area contributed by atoms with Crippen LogP contribution in [0.4, 0.5) is 0 Å². The lowest BCUT2D eigenvalue weighted by Gasteiger charge is -2.57. The van der Waals surface area contributed by atoms with Crippen molar-refractivity contribution in [1.82, 2.24) is 15.0 Å². The number of benzene rings is 5. The maximum atomic E-state index is 9.44. The summed E-state index contributed by atoms with van der Waals surface area (Å²) in [5.41, 5.74) is 9.77. The van der Waals surface area contributed by atoms with Crippen LogP contribution in [0.25, 0.3) is 56.4 Å². The van der Waals surface area contributed by atoms with Crippen molar-refractivity contribution < 1.29 is 0 Å². The van der Waals surface area contributed by atoms with Gasteiger partial charge < -0.3 is 0 Å². The number of rotatable bonds is 6. The number of hydrogen-bond acceptors (Lipinski definition) is 4. The number of nitriles is 1. The largest absolute Gasteiger partial charge is 0.208 e. The summed E-state index contributed by atoms with van der Waals surface area (Å²) in [6.07, 6.45) is 8.46. The first kappa shape index (κ1) is 28.8. The predicted molar refractivity (Wildman–Crippen MR) is 192 cm³/mol. The Labute approximate surface area is 282 Å². The minimum Gasteiger partial charge on any atom is -0.208 e. The van der Waals surface area contributed by atoms with E-state index < -0.39 is 0 Å². The van der Waals surface area contributed by atoms with E-state index in [1.54, 1.807) is 0 Å². The topological polar surface area (TPSA) is 62.5 Å². The summed E-state index contributed by atoms with van der Waals surface area (Å²) >= 11 is 0. The minimum atomic E-state index is 0.370. The van der Waals surface area contributed by atoms with Crippen LogP contribution < -0.4 is 0 Å². The third kappa shape index (κ3) is 5.30. The molecule has 4 saturated carbocycles. The molecule has 0 atom stereocenters. The Kier molecular flexibility index (Phi) is 7.01. The molecule has 0 unspecified atom stereocenters. The van der Waals surface area contributed by atoms with Crippen LogP contribution in [0.5, 0.6) is 0 Å². The Morgan fingerprint density at radius 2 is 0.875 bits per heavy atom. The molecular formula is C44H36N4. The minimum absolute atomic E-state index is 0.370. The van der Waals surface area contributed by atoms with Gasteiger partial charge in [-0.2, -0.15) is 5.26 Å². The van der Waals surface area contributed by atoms with Crippen LogP contribution in [0.3, 0.4) is 0 Å². The molecule has 6 aromatic rings. The fourth-order valence-electron chi connectivity index (χ4n) is 9.25. The molecule has 4 nitrogen and oxygen atoms in total. The zero-order valence-electron chi connectivity index (χ0n) is 26.9. The molecule has 1 aromatic heterocycles. The van der Waals surface area contributed by atoms with E-state index in [1.165, 1.54) is 49.7 Å². The summed E-state index contributed by atoms with van der Waals surface area (Å²) in [6, 6.07) is 46.4. The highest BCUT2D eigenvalue weighted by Crippen LogP contribution is 2.60. The molecule has 4 aliphatic rings. The highest BCUT2D eigenvalue weighted by Gasteiger charge is 2.51. The fraction of sp³-hybridized carbons (Fsp3) is 0.227. The standard InChI is InChI=1S/C44H36N4/c45-28-29-11-13-33(14-12-29)37-22-38(34-15-17-40(18-16-34)44-25-30-19-31(26-44)21-32(20-30)27-44)24-39(23-37)43-47-41(35-7-3-1-4-8-35)46-42(48-43)36-9-5-2-6-10-36/h1-18,22-24,30-32H,19-21,25-27H2. The Morgan fingerprint density at radius 1 is 0.458 bits per heavy atom. The molecule has 232 valence electrons. The van der Waals surface area contributed by atoms with E-state index >= 15 is 0 Å². The van der Waals surface area contributed by atoms with E-state index in [2.05, 4.69) is 48.5 Å². The average Bonchev–Trinajstić information content (AvgIpc) is 3.15. The van der Waals surface area contributed by atoms with Gasteiger partial charge in [0.05, 0.1) is 11.6 Å². The van der Waals surface area contributed by atoms with Gasteiger partial charge in [0.25, 0.3) is 0 Å². The third-order valence-electron chi connectivity index (χ3n) is 11.1. The normalized spacial score (nSPS) is 22.4. The molecule has 0 radical (unpaired) electrons. The summed E-state index contributed by atoms with van der Waals surface area (Å²) in [7, 11) is 0. The average molecular weight is 621 g/mol. The van der Waals surface area contributed by atoms with Crippen LogP contribution in [0, 0.1) is 29.1 Å². The molecule has 0 aliphatic heterocycles. The molecule has 4 fully saturated rings. The van der Waals surface area contributed by atoms with E-state index in [-0.39, 0.29) is 0 Å². The molecule has 1 heterocycles. The second-order valence-corrected chi connectivity index (χ2v) is 14.3. The van der Waals surface area contributed by atoms with Gasteiger partial charge in [-0.05, 0) is 120 Å². The quantitative estimate of drug-likeness (QED) is 0.186. The van der Waals surface area contributed by atoms with Crippen molar-refractivity contribution >= 4 is 0 Å². The van der Waals surface area contributed by atoms with Gasteiger partial charge >= 0.3 is 0 Å². The fourth-order valence-corrected chi connectivity index (χ4v) is 9.25. The first-order valence-electron chi connectivity index (χ1n) is 17.2. The molecule has 4 heteroatoms. The molecule has 5 aromatic carbocycles. The van der Waals surface area contributed by atoms with E-state index in [0.29, 0.717) is 28.5 Å². The van der Waals surface area contributed by atoms with Crippen molar-refractivity contribution in [3.05, 3.63) is 139 Å². The molecule has 0 saturated heterocycles. The van der Waals surface area contributed by atoms with Gasteiger partial charge in [-0.1, -0.05) is 97.1 Å². The maximum Gasteiger partial charge on any atom is 0.164 e. The van der Waals surface area contributed by atoms with E-state index in [0.717, 1.165) is 51.1 Å². The predicted octanol–water partition coefficient (Wildman–Crippen LogP) is 10.5. The first-order chi connectivity index (χ1) is 23.6. The Bertz CT molecular complexity index is 2050. The zero-order valence-corrected chi connectivity index (χ0v) is 26.9. The van der Waals surface area contributed by atoms with Crippen molar-refractivity contribution in [2.45, 2.75) is 43.9 Å². The number of nitrogens with zero attached hydrogens (tertiary/aromatic N) is 4. The van der Waals surface area contributed by atoms with E-state index in [4.69, 9.17) is 15.0 Å². The highest BCUT2D eigenvalue weighted by molar-refractivity contribution is 5.80. The van der Waals surface area contributed by atoms with E-state index in [9.17, 15) is 5.26 Å². The van der Waals surface area contributed by atoms with Crippen LogP contribution in [-0.2, 0) is 5.41 Å². The summed E-state index contributed by atoms with van der Waals surface area (Å²) in [4.78, 5) is 15.0. The second-order valence-electron chi connectivity index (χ2n) is 14.3. The van der Waals surface area contributed by atoms with Gasteiger partial charge in [-0.3, -0.25) is 0 Å². The molecular weight excluding hydrogens is 585 g/mol. The summed E-state index contributed by atoms with van der Waals surface area (Å²) < 4.78 is 0. The number of hydrogen-bond donors (Lipinski definition) is 0. The van der Waals surface area contributed by atoms with Crippen molar-refractivity contribution in [3.8, 4) is 62.5 Å². The van der Waals surface area contributed by atoms with Crippen LogP contribution >= 0.6 is 0 Å². The van der Waals surface area contributed by atoms with Crippen LogP contribution in [0.1, 0.15) is 49.7 Å². The first-order valence-corrected chi connectivity index (χ1v) is 17.2. The molecule has 0 N–H and O–H groups in total. The zero-order chi connectivity index (χ0) is 32.1. The molecule has 10 rings (SSSR count). The van der Waals surface area contributed by atoms with Gasteiger partial charge in [-0.15, -0.1) is 0 Å². The monoisotopic (exact) mass is 620 g/mol. The van der Waals surface area contributed by atoms with Crippen LogP contribution in [0.2, 0.25) is 0 Å². The Morgan fingerprint density at radius 3 is 1.33 bits per heavy atom. The SMILES string of the molecule is N#Cc1ccc(-c2cc(-c3ccc(C45CC6CC(CC(C6)C4)C5)cc3)cc(-c3nc(-c4ccccc4)nc(-c4ccccc4)n3)c2)cc1. The second kappa shape index (κ2) is 11.7. The van der Waals surface area contributed by atoms with E-state index in [1.807, 2.05) is 84.9 Å². The lowest BCUT2D eigenvalue weighted by Crippen LogP contribution is -2.48. The van der Waals surface area contributed by atoms with Crippen LogP contribution in [0.15, 0.2) is 127 Å². The van der Waals surface area contributed by atoms with Crippen molar-refractivity contribution in [2.75, 3.05) is 0 Å². The van der Waals surface area contributed by atoms with Gasteiger partial charge in [0.15, 0.2) is 17.5 Å². The van der Waals surface area contributed by atoms with Gasteiger partial charge in [-0.25, -0.2) is 15.0 Å². The van der Waals surface area contributed by atoms with Crippen LogP contribution in [-0.4, -0.2) is 15.0 Å². The lowest BCUT2D eigenvalue weighted by atomic mass is 9.48. The van der Waals surface area contributed by atoms with Crippen molar-refractivity contribution in [1.29, 1.82) is 5.26 Å². The molecule has 4 bridgehead atoms. The molecule has 48 heavy (non-hydrogen) atoms. The smallest absolute Gasteiger partial charge is 0.164 e. The summed E-state index contributed by atoms with van der Waals surface area (Å²) in [5.74, 6) is 4.68. The molecule has 4 aliphatic carbocycles. The Hall–Kier alpha value is -5.40. The summed E-state index contributed by atoms with van der Waals surface area (Å²) in [6.45, 7) is 0. The lowest BCUT2D eigenvalue weighted by molar-refractivity contribution is -0.00518. The number of aromatic nitrogens is 3. The third-order valence-corrected chi connectivity index (χ3v) is 11.1. The van der Waals surface area contributed by atoms with Gasteiger partial charge in [0, 0.05) is 16.7 Å². The van der Waals surface area contributed by atoms with Gasteiger partial charge in [0.1, 0.15) is 0 Å². The maximum absolute atomic E-state index is 9.44. The summed E-state index contributed by atoms with van der Waals surface area (Å²) in [5, 5.41) is 9.44. The van der Waals surface area contributed by atoms with Crippen molar-refractivity contribution in [2.24, 2.45) is 17.8 Å². The Balaban J connectivity index is 1.17. The highest BCUT2D eigenvalue weighted by atomic mass is 15.0.